The first-order chi connectivity index (χ1) is 17.0. The topological polar surface area (TPSA) is 111 Å². The third-order valence-electron chi connectivity index (χ3n) is 6.98. The van der Waals surface area contributed by atoms with Gasteiger partial charge in [0, 0.05) is 37.3 Å². The Balaban J connectivity index is 1.20. The molecule has 1 amide bonds. The lowest BCUT2D eigenvalue weighted by Crippen LogP contribution is -2.50. The Hall–Kier alpha value is -2.88. The molecule has 3 N–H and O–H groups in total. The zero-order valence-electron chi connectivity index (χ0n) is 19.8. The van der Waals surface area contributed by atoms with Gasteiger partial charge in [0.05, 0.1) is 27.8 Å². The number of thiazole rings is 1. The minimum atomic E-state index is -0.840. The Morgan fingerprint density at radius 1 is 1.06 bits per heavy atom. The van der Waals surface area contributed by atoms with Gasteiger partial charge in [-0.05, 0) is 68.9 Å². The molecule has 2 aliphatic rings. The molecular weight excluding hydrogens is 462 g/mol. The van der Waals surface area contributed by atoms with Gasteiger partial charge in [0.2, 0.25) is 5.91 Å². The number of anilines is 2. The number of hydrogen-bond donors (Lipinski definition) is 3. The van der Waals surface area contributed by atoms with Gasteiger partial charge >= 0.3 is 0 Å². The number of amides is 1. The first-order valence-electron chi connectivity index (χ1n) is 12.2. The van der Waals surface area contributed by atoms with E-state index in [2.05, 4.69) is 10.3 Å². The summed E-state index contributed by atoms with van der Waals surface area (Å²) in [5, 5.41) is 24.0. The first kappa shape index (κ1) is 23.8. The maximum Gasteiger partial charge on any atom is 0.225 e. The molecule has 0 radical (unpaired) electrons. The number of carbonyl (C=O) groups excluding carboxylic acids is 1. The summed E-state index contributed by atoms with van der Waals surface area (Å²) in [6.07, 6.45) is 6.06. The second-order valence-corrected chi connectivity index (χ2v) is 10.6. The largest absolute Gasteiger partial charge is 0.390 e. The molecule has 2 fully saturated rings. The molecule has 1 saturated heterocycles. The summed E-state index contributed by atoms with van der Waals surface area (Å²) in [4.78, 5) is 29.5. The molecule has 0 aromatic carbocycles. The Bertz CT molecular complexity index is 1180. The third-order valence-corrected chi connectivity index (χ3v) is 8.16. The minimum absolute atomic E-state index is 0.00668. The van der Waals surface area contributed by atoms with Crippen LogP contribution in [-0.2, 0) is 4.79 Å². The van der Waals surface area contributed by atoms with Crippen molar-refractivity contribution in [2.45, 2.75) is 57.2 Å². The van der Waals surface area contributed by atoms with E-state index in [-0.39, 0.29) is 18.4 Å². The van der Waals surface area contributed by atoms with Gasteiger partial charge in [-0.15, -0.1) is 11.3 Å². The number of likely N-dealkylation sites (tertiary alicyclic amines) is 1. The van der Waals surface area contributed by atoms with E-state index in [1.165, 1.54) is 0 Å². The zero-order chi connectivity index (χ0) is 24.4. The molecule has 1 aliphatic heterocycles. The molecule has 3 aromatic rings. The standard InChI is InChI=1S/C26H31N5O3S/c1-16-9-11-27-24(13-16)30-23-4-2-3-19(29-23)22-14-28-25(35-22)17-5-7-18(8-6-17)26(34)31-12-10-20(32)21(33)15-31/h2-4,9,11,13-14,17-18,20-21,32-33H,5-8,10,12,15H2,1H3,(H,27,29,30)/t17-,18-,20-,21-/m0/s1. The van der Waals surface area contributed by atoms with Crippen LogP contribution in [0.15, 0.2) is 42.7 Å². The van der Waals surface area contributed by atoms with E-state index in [4.69, 9.17) is 9.97 Å². The maximum absolute atomic E-state index is 12.9. The molecule has 184 valence electrons. The van der Waals surface area contributed by atoms with E-state index in [0.29, 0.717) is 18.9 Å². The van der Waals surface area contributed by atoms with Crippen LogP contribution in [-0.4, -0.2) is 61.3 Å². The fourth-order valence-electron chi connectivity index (χ4n) is 4.94. The second kappa shape index (κ2) is 10.4. The highest BCUT2D eigenvalue weighted by Gasteiger charge is 2.35. The number of aliphatic hydroxyl groups is 2. The summed E-state index contributed by atoms with van der Waals surface area (Å²) in [6, 6.07) is 9.84. The number of nitrogens with one attached hydrogen (secondary N) is 1. The van der Waals surface area contributed by atoms with Gasteiger partial charge in [-0.3, -0.25) is 4.79 Å². The van der Waals surface area contributed by atoms with Crippen LogP contribution in [0.2, 0.25) is 0 Å². The van der Waals surface area contributed by atoms with Crippen molar-refractivity contribution in [3.05, 3.63) is 53.3 Å². The summed E-state index contributed by atoms with van der Waals surface area (Å²) in [5.41, 5.74) is 2.01. The molecule has 0 spiro atoms. The number of aryl methyl sites for hydroxylation is 1. The molecule has 1 saturated carbocycles. The third kappa shape index (κ3) is 5.52. The highest BCUT2D eigenvalue weighted by molar-refractivity contribution is 7.15. The molecule has 8 nitrogen and oxygen atoms in total. The molecule has 5 rings (SSSR count). The number of carbonyl (C=O) groups is 1. The highest BCUT2D eigenvalue weighted by atomic mass is 32.1. The molecule has 9 heteroatoms. The van der Waals surface area contributed by atoms with Gasteiger partial charge in [0.1, 0.15) is 11.6 Å². The van der Waals surface area contributed by atoms with Crippen LogP contribution >= 0.6 is 11.3 Å². The smallest absolute Gasteiger partial charge is 0.225 e. The quantitative estimate of drug-likeness (QED) is 0.495. The number of aliphatic hydroxyl groups excluding tert-OH is 2. The monoisotopic (exact) mass is 493 g/mol. The van der Waals surface area contributed by atoms with Crippen LogP contribution in [0.1, 0.15) is 48.6 Å². The number of rotatable bonds is 5. The summed E-state index contributed by atoms with van der Waals surface area (Å²) >= 11 is 1.67. The summed E-state index contributed by atoms with van der Waals surface area (Å²) in [6.45, 7) is 2.78. The van der Waals surface area contributed by atoms with Crippen LogP contribution in [0.3, 0.4) is 0 Å². The first-order valence-corrected chi connectivity index (χ1v) is 13.1. The second-order valence-electron chi connectivity index (χ2n) is 9.57. The van der Waals surface area contributed by atoms with Crippen molar-refractivity contribution in [1.29, 1.82) is 0 Å². The number of piperidine rings is 1. The summed E-state index contributed by atoms with van der Waals surface area (Å²) in [7, 11) is 0. The molecule has 4 heterocycles. The van der Waals surface area contributed by atoms with Crippen molar-refractivity contribution in [3.63, 3.8) is 0 Å². The SMILES string of the molecule is Cc1ccnc(Nc2cccc(-c3cnc([C@H]4CC[C@H](C(=O)N5CC[C@H](O)[C@@H](O)C5)CC4)s3)n2)c1. The van der Waals surface area contributed by atoms with E-state index in [0.717, 1.165) is 58.5 Å². The molecule has 35 heavy (non-hydrogen) atoms. The van der Waals surface area contributed by atoms with Gasteiger partial charge in [-0.25, -0.2) is 15.0 Å². The molecule has 2 atom stereocenters. The van der Waals surface area contributed by atoms with Crippen molar-refractivity contribution in [3.8, 4) is 10.6 Å². The molecule has 1 aliphatic carbocycles. The average Bonchev–Trinajstić information content (AvgIpc) is 3.36. The Morgan fingerprint density at radius 2 is 1.89 bits per heavy atom. The average molecular weight is 494 g/mol. The van der Waals surface area contributed by atoms with Gasteiger partial charge in [0.15, 0.2) is 0 Å². The van der Waals surface area contributed by atoms with Crippen molar-refractivity contribution >= 4 is 28.9 Å². The lowest BCUT2D eigenvalue weighted by atomic mass is 9.81. The Morgan fingerprint density at radius 3 is 2.66 bits per heavy atom. The maximum atomic E-state index is 12.9. The van der Waals surface area contributed by atoms with Gasteiger partial charge in [-0.1, -0.05) is 6.07 Å². The van der Waals surface area contributed by atoms with Crippen molar-refractivity contribution in [2.24, 2.45) is 5.92 Å². The van der Waals surface area contributed by atoms with Crippen molar-refractivity contribution in [2.75, 3.05) is 18.4 Å². The van der Waals surface area contributed by atoms with E-state index >= 15 is 0 Å². The minimum Gasteiger partial charge on any atom is -0.390 e. The molecule has 0 unspecified atom stereocenters. The van der Waals surface area contributed by atoms with E-state index in [9.17, 15) is 15.0 Å². The zero-order valence-corrected chi connectivity index (χ0v) is 20.6. The number of β-amino-alcohol motifs (C(OH)–C–C–N with tert-alkyl or cyclic N) is 1. The van der Waals surface area contributed by atoms with Crippen LogP contribution < -0.4 is 5.32 Å². The van der Waals surface area contributed by atoms with Crippen molar-refractivity contribution < 1.29 is 15.0 Å². The normalized spacial score (nSPS) is 24.8. The summed E-state index contributed by atoms with van der Waals surface area (Å²) in [5.74, 6) is 1.97. The van der Waals surface area contributed by atoms with Crippen LogP contribution in [0.5, 0.6) is 0 Å². The molecule has 0 bridgehead atoms. The Kier molecular flexibility index (Phi) is 7.08. The fourth-order valence-corrected chi connectivity index (χ4v) is 5.99. The molecular formula is C26H31N5O3S. The highest BCUT2D eigenvalue weighted by Crippen LogP contribution is 2.40. The number of pyridine rings is 2. The van der Waals surface area contributed by atoms with Crippen molar-refractivity contribution in [1.82, 2.24) is 19.9 Å². The van der Waals surface area contributed by atoms with Gasteiger partial charge in [-0.2, -0.15) is 0 Å². The number of hydrogen-bond acceptors (Lipinski definition) is 8. The fraction of sp³-hybridized carbons (Fsp3) is 0.462. The lowest BCUT2D eigenvalue weighted by Gasteiger charge is -2.37. The number of aromatic nitrogens is 3. The van der Waals surface area contributed by atoms with E-state index < -0.39 is 12.2 Å². The molecule has 3 aromatic heterocycles. The van der Waals surface area contributed by atoms with Gasteiger partial charge < -0.3 is 20.4 Å². The predicted molar refractivity (Wildman–Crippen MR) is 136 cm³/mol. The number of nitrogens with zero attached hydrogens (tertiary/aromatic N) is 4. The Labute approximate surface area is 209 Å². The van der Waals surface area contributed by atoms with Crippen LogP contribution in [0, 0.1) is 12.8 Å². The van der Waals surface area contributed by atoms with Crippen LogP contribution in [0.25, 0.3) is 10.6 Å². The van der Waals surface area contributed by atoms with Crippen LogP contribution in [0.4, 0.5) is 11.6 Å². The van der Waals surface area contributed by atoms with E-state index in [1.54, 1.807) is 22.4 Å². The van der Waals surface area contributed by atoms with E-state index in [1.807, 2.05) is 43.5 Å². The van der Waals surface area contributed by atoms with Gasteiger partial charge in [0.25, 0.3) is 0 Å². The predicted octanol–water partition coefficient (Wildman–Crippen LogP) is 3.88. The lowest BCUT2D eigenvalue weighted by molar-refractivity contribution is -0.143. The summed E-state index contributed by atoms with van der Waals surface area (Å²) < 4.78 is 0.